The van der Waals surface area contributed by atoms with E-state index in [1.807, 2.05) is 12.1 Å². The Morgan fingerprint density at radius 1 is 1.38 bits per heavy atom. The van der Waals surface area contributed by atoms with Gasteiger partial charge < -0.3 is 19.6 Å². The number of hydrogen-bond acceptors (Lipinski definition) is 5. The molecule has 0 aromatic heterocycles. The fourth-order valence-electron chi connectivity index (χ4n) is 3.15. The summed E-state index contributed by atoms with van der Waals surface area (Å²) in [7, 11) is 3.24. The van der Waals surface area contributed by atoms with E-state index in [1.165, 1.54) is 0 Å². The van der Waals surface area contributed by atoms with Gasteiger partial charge in [-0.2, -0.15) is 0 Å². The van der Waals surface area contributed by atoms with E-state index >= 15 is 0 Å². The SMILES string of the molecule is COCCCN1C(=O)CC(C)(C)c2cc(OC)c(/C(C)=N/O)cc21. The molecule has 6 heteroatoms. The zero-order valence-electron chi connectivity index (χ0n) is 15.0. The Balaban J connectivity index is 2.57. The minimum Gasteiger partial charge on any atom is -0.496 e. The molecule has 1 N–H and O–H groups in total. The normalized spacial score (nSPS) is 17.0. The Labute approximate surface area is 143 Å². The van der Waals surface area contributed by atoms with Crippen LogP contribution in [0.15, 0.2) is 17.3 Å². The monoisotopic (exact) mass is 334 g/mol. The van der Waals surface area contributed by atoms with Crippen molar-refractivity contribution in [1.82, 2.24) is 0 Å². The molecular weight excluding hydrogens is 308 g/mol. The highest BCUT2D eigenvalue weighted by molar-refractivity contribution is 6.04. The molecule has 1 heterocycles. The number of rotatable bonds is 6. The minimum atomic E-state index is -0.278. The van der Waals surface area contributed by atoms with Crippen LogP contribution >= 0.6 is 0 Å². The van der Waals surface area contributed by atoms with Crippen molar-refractivity contribution < 1.29 is 19.5 Å². The molecule has 0 saturated carbocycles. The first kappa shape index (κ1) is 18.3. The van der Waals surface area contributed by atoms with Crippen LogP contribution in [0.2, 0.25) is 0 Å². The Morgan fingerprint density at radius 2 is 2.08 bits per heavy atom. The number of nitrogens with zero attached hydrogens (tertiary/aromatic N) is 2. The first-order valence-electron chi connectivity index (χ1n) is 8.06. The largest absolute Gasteiger partial charge is 0.496 e. The van der Waals surface area contributed by atoms with E-state index in [0.29, 0.717) is 36.6 Å². The fraction of sp³-hybridized carbons (Fsp3) is 0.556. The minimum absolute atomic E-state index is 0.0957. The third kappa shape index (κ3) is 3.38. The van der Waals surface area contributed by atoms with Gasteiger partial charge in [0, 0.05) is 43.3 Å². The molecule has 132 valence electrons. The van der Waals surface area contributed by atoms with E-state index in [2.05, 4.69) is 19.0 Å². The Bertz CT molecular complexity index is 653. The van der Waals surface area contributed by atoms with E-state index in [0.717, 1.165) is 17.7 Å². The predicted octanol–water partition coefficient (Wildman–Crippen LogP) is 2.94. The average Bonchev–Trinajstić information content (AvgIpc) is 2.55. The molecular formula is C18H26N2O4. The molecule has 0 bridgehead atoms. The lowest BCUT2D eigenvalue weighted by atomic mass is 9.76. The van der Waals surface area contributed by atoms with Crippen molar-refractivity contribution in [1.29, 1.82) is 0 Å². The van der Waals surface area contributed by atoms with Gasteiger partial charge in [-0.15, -0.1) is 0 Å². The first-order chi connectivity index (χ1) is 11.4. The molecule has 2 rings (SSSR count). The summed E-state index contributed by atoms with van der Waals surface area (Å²) in [6, 6.07) is 3.84. The molecule has 24 heavy (non-hydrogen) atoms. The standard InChI is InChI=1S/C18H26N2O4/c1-12(19-22)13-9-15-14(10-16(13)24-5)18(2,3)11-17(21)20(15)7-6-8-23-4/h9-10,22H,6-8,11H2,1-5H3/b19-12+. The van der Waals surface area contributed by atoms with Gasteiger partial charge in [-0.1, -0.05) is 19.0 Å². The number of oxime groups is 1. The maximum Gasteiger partial charge on any atom is 0.227 e. The van der Waals surface area contributed by atoms with Crippen LogP contribution in [0.1, 0.15) is 44.7 Å². The number of carbonyl (C=O) groups is 1. The van der Waals surface area contributed by atoms with Crippen molar-refractivity contribution >= 4 is 17.3 Å². The van der Waals surface area contributed by atoms with E-state index in [4.69, 9.17) is 14.7 Å². The summed E-state index contributed by atoms with van der Waals surface area (Å²) in [6.45, 7) is 7.01. The van der Waals surface area contributed by atoms with Gasteiger partial charge in [0.15, 0.2) is 0 Å². The highest BCUT2D eigenvalue weighted by Gasteiger charge is 2.37. The number of carbonyl (C=O) groups excluding carboxylic acids is 1. The lowest BCUT2D eigenvalue weighted by molar-refractivity contribution is -0.120. The number of fused-ring (bicyclic) bond motifs is 1. The number of benzene rings is 1. The Kier molecular flexibility index (Phi) is 5.49. The van der Waals surface area contributed by atoms with Gasteiger partial charge in [-0.3, -0.25) is 4.79 Å². The second kappa shape index (κ2) is 7.21. The molecule has 0 radical (unpaired) electrons. The smallest absolute Gasteiger partial charge is 0.227 e. The molecule has 1 amide bonds. The molecule has 6 nitrogen and oxygen atoms in total. The van der Waals surface area contributed by atoms with E-state index in [-0.39, 0.29) is 11.3 Å². The zero-order valence-corrected chi connectivity index (χ0v) is 15.0. The van der Waals surface area contributed by atoms with Gasteiger partial charge in [0.25, 0.3) is 0 Å². The third-order valence-electron chi connectivity index (χ3n) is 4.50. The number of ether oxygens (including phenoxy) is 2. The van der Waals surface area contributed by atoms with E-state index in [9.17, 15) is 4.79 Å². The van der Waals surface area contributed by atoms with Crippen LogP contribution in [0.3, 0.4) is 0 Å². The molecule has 0 atom stereocenters. The number of anilines is 1. The van der Waals surface area contributed by atoms with Crippen LogP contribution in [-0.4, -0.2) is 44.2 Å². The Morgan fingerprint density at radius 3 is 2.67 bits per heavy atom. The predicted molar refractivity (Wildman–Crippen MR) is 93.5 cm³/mol. The summed E-state index contributed by atoms with van der Waals surface area (Å²) in [5, 5.41) is 12.4. The van der Waals surface area contributed by atoms with Crippen LogP contribution in [0.5, 0.6) is 5.75 Å². The lowest BCUT2D eigenvalue weighted by Gasteiger charge is -2.39. The second-order valence-corrected chi connectivity index (χ2v) is 6.71. The van der Waals surface area contributed by atoms with Gasteiger partial charge in [-0.25, -0.2) is 0 Å². The maximum absolute atomic E-state index is 12.6. The number of amides is 1. The van der Waals surface area contributed by atoms with Crippen LogP contribution in [0.25, 0.3) is 0 Å². The van der Waals surface area contributed by atoms with Crippen LogP contribution < -0.4 is 9.64 Å². The van der Waals surface area contributed by atoms with Crippen LogP contribution in [0, 0.1) is 0 Å². The third-order valence-corrected chi connectivity index (χ3v) is 4.50. The summed E-state index contributed by atoms with van der Waals surface area (Å²) >= 11 is 0. The number of methoxy groups -OCH3 is 2. The topological polar surface area (TPSA) is 71.4 Å². The van der Waals surface area contributed by atoms with Crippen LogP contribution in [-0.2, 0) is 14.9 Å². The average molecular weight is 334 g/mol. The fourth-order valence-corrected chi connectivity index (χ4v) is 3.15. The van der Waals surface area contributed by atoms with Crippen molar-refractivity contribution in [3.8, 4) is 5.75 Å². The number of hydrogen-bond donors (Lipinski definition) is 1. The van der Waals surface area contributed by atoms with E-state index < -0.39 is 0 Å². The molecule has 1 aromatic rings. The molecule has 0 aliphatic carbocycles. The van der Waals surface area contributed by atoms with Crippen molar-refractivity contribution in [2.45, 2.75) is 39.0 Å². The maximum atomic E-state index is 12.6. The van der Waals surface area contributed by atoms with Gasteiger partial charge in [0.2, 0.25) is 5.91 Å². The zero-order chi connectivity index (χ0) is 17.9. The quantitative estimate of drug-likeness (QED) is 0.376. The van der Waals surface area contributed by atoms with Gasteiger partial charge in [0.05, 0.1) is 12.8 Å². The summed E-state index contributed by atoms with van der Waals surface area (Å²) in [5.74, 6) is 0.738. The van der Waals surface area contributed by atoms with Gasteiger partial charge in [-0.05, 0) is 31.0 Å². The molecule has 0 saturated heterocycles. The van der Waals surface area contributed by atoms with Crippen molar-refractivity contribution in [3.05, 3.63) is 23.3 Å². The van der Waals surface area contributed by atoms with Crippen molar-refractivity contribution in [2.75, 3.05) is 32.3 Å². The summed E-state index contributed by atoms with van der Waals surface area (Å²) in [6.07, 6.45) is 1.21. The van der Waals surface area contributed by atoms with Crippen molar-refractivity contribution in [2.24, 2.45) is 5.16 Å². The highest BCUT2D eigenvalue weighted by Crippen LogP contribution is 2.43. The highest BCUT2D eigenvalue weighted by atomic mass is 16.5. The van der Waals surface area contributed by atoms with E-state index in [1.54, 1.807) is 26.0 Å². The molecule has 0 fully saturated rings. The van der Waals surface area contributed by atoms with Crippen LogP contribution in [0.4, 0.5) is 5.69 Å². The molecule has 1 aromatic carbocycles. The summed E-state index contributed by atoms with van der Waals surface area (Å²) < 4.78 is 10.6. The molecule has 0 unspecified atom stereocenters. The van der Waals surface area contributed by atoms with Gasteiger partial charge >= 0.3 is 0 Å². The van der Waals surface area contributed by atoms with Gasteiger partial charge in [0.1, 0.15) is 5.75 Å². The molecule has 0 spiro atoms. The summed E-state index contributed by atoms with van der Waals surface area (Å²) in [5.41, 5.74) is 2.76. The second-order valence-electron chi connectivity index (χ2n) is 6.71. The lowest BCUT2D eigenvalue weighted by Crippen LogP contribution is -2.42. The molecule has 1 aliphatic heterocycles. The Hall–Kier alpha value is -2.08. The summed E-state index contributed by atoms with van der Waals surface area (Å²) in [4.78, 5) is 14.4. The first-order valence-corrected chi connectivity index (χ1v) is 8.06. The van der Waals surface area contributed by atoms with Crippen molar-refractivity contribution in [3.63, 3.8) is 0 Å². The molecule has 1 aliphatic rings.